The molecule has 10 aromatic rings. The number of para-hydroxylation sites is 3. The second-order valence-corrected chi connectivity index (χ2v) is 21.3. The number of benzene rings is 6. The summed E-state index contributed by atoms with van der Waals surface area (Å²) in [7, 11) is 0. The molecule has 340 valence electrons. The van der Waals surface area contributed by atoms with E-state index in [1.165, 1.54) is 32.9 Å². The van der Waals surface area contributed by atoms with Crippen molar-refractivity contribution in [2.24, 2.45) is 0 Å². The molecule has 0 aliphatic rings. The fourth-order valence-electron chi connectivity index (χ4n) is 9.94. The second kappa shape index (κ2) is 16.8. The monoisotopic (exact) mass is 1060 g/mol. The SMILES string of the molecule is Cc1nn(-c2[c-]c(Oc3[c-]c4c(cc3)c3ccccc3n4-c3cc(-n4c5c(C(C)(C)C)cccc5c5cccc(C(C)(C)C)c54)ccn3)cc(C(C)C)c2)c(C(C)(C)C)c1-c1ccccc1.[Pt+2]. The van der Waals surface area contributed by atoms with Gasteiger partial charge in [0, 0.05) is 51.0 Å². The average molecular weight is 1060 g/mol. The Balaban J connectivity index is 0.00000562. The van der Waals surface area contributed by atoms with E-state index in [-0.39, 0.29) is 43.2 Å². The van der Waals surface area contributed by atoms with E-state index in [9.17, 15) is 0 Å². The molecule has 0 atom stereocenters. The Bertz CT molecular complexity index is 3420. The van der Waals surface area contributed by atoms with E-state index in [1.807, 2.05) is 12.3 Å². The maximum Gasteiger partial charge on any atom is 2.00 e. The van der Waals surface area contributed by atoms with Gasteiger partial charge in [-0.2, -0.15) is 11.2 Å². The van der Waals surface area contributed by atoms with Crippen molar-refractivity contribution in [3.8, 4) is 39.8 Å². The first-order chi connectivity index (χ1) is 31.4. The molecular weight excluding hydrogens is 1000 g/mol. The van der Waals surface area contributed by atoms with Gasteiger partial charge in [-0.15, -0.1) is 41.3 Å². The van der Waals surface area contributed by atoms with Gasteiger partial charge in [0.05, 0.1) is 28.1 Å². The molecule has 0 aliphatic carbocycles. The van der Waals surface area contributed by atoms with Crippen LogP contribution in [0.15, 0.2) is 134 Å². The molecule has 0 unspecified atom stereocenters. The van der Waals surface area contributed by atoms with Gasteiger partial charge in [-0.25, -0.2) is 4.98 Å². The predicted octanol–water partition coefficient (Wildman–Crippen LogP) is 15.8. The molecule has 7 heteroatoms. The zero-order chi connectivity index (χ0) is 46.4. The van der Waals surface area contributed by atoms with Crippen LogP contribution in [0.1, 0.15) is 110 Å². The van der Waals surface area contributed by atoms with E-state index in [4.69, 9.17) is 14.8 Å². The van der Waals surface area contributed by atoms with E-state index >= 15 is 0 Å². The van der Waals surface area contributed by atoms with Crippen molar-refractivity contribution in [3.05, 3.63) is 174 Å². The van der Waals surface area contributed by atoms with Crippen molar-refractivity contribution in [1.82, 2.24) is 23.9 Å². The van der Waals surface area contributed by atoms with E-state index in [0.717, 1.165) is 67.1 Å². The molecule has 0 fully saturated rings. The summed E-state index contributed by atoms with van der Waals surface area (Å²) in [6.45, 7) is 27.1. The first kappa shape index (κ1) is 45.9. The molecule has 0 aliphatic heterocycles. The molecule has 6 nitrogen and oxygen atoms in total. The molecule has 6 aromatic carbocycles. The maximum atomic E-state index is 6.85. The summed E-state index contributed by atoms with van der Waals surface area (Å²) in [6, 6.07) is 52.9. The predicted molar refractivity (Wildman–Crippen MR) is 275 cm³/mol. The molecule has 67 heavy (non-hydrogen) atoms. The van der Waals surface area contributed by atoms with Gasteiger partial charge in [-0.1, -0.05) is 167 Å². The Hall–Kier alpha value is -6.23. The van der Waals surface area contributed by atoms with Crippen LogP contribution in [-0.4, -0.2) is 23.9 Å². The van der Waals surface area contributed by atoms with Crippen LogP contribution < -0.4 is 4.74 Å². The summed E-state index contributed by atoms with van der Waals surface area (Å²) < 4.78 is 13.7. The van der Waals surface area contributed by atoms with Gasteiger partial charge in [0.25, 0.3) is 0 Å². The fourth-order valence-corrected chi connectivity index (χ4v) is 9.94. The van der Waals surface area contributed by atoms with Gasteiger partial charge in [0.1, 0.15) is 5.82 Å². The molecule has 4 heterocycles. The van der Waals surface area contributed by atoms with E-state index in [1.54, 1.807) is 0 Å². The van der Waals surface area contributed by atoms with Gasteiger partial charge in [0.15, 0.2) is 0 Å². The number of nitrogens with zero attached hydrogens (tertiary/aromatic N) is 5. The van der Waals surface area contributed by atoms with Crippen molar-refractivity contribution in [2.75, 3.05) is 0 Å². The van der Waals surface area contributed by atoms with Crippen LogP contribution in [0.25, 0.3) is 71.9 Å². The van der Waals surface area contributed by atoms with Gasteiger partial charge in [-0.05, 0) is 63.6 Å². The molecule has 0 radical (unpaired) electrons. The molecule has 0 spiro atoms. The van der Waals surface area contributed by atoms with Crippen LogP contribution in [-0.2, 0) is 37.3 Å². The number of aromatic nitrogens is 5. The third-order valence-corrected chi connectivity index (χ3v) is 13.0. The van der Waals surface area contributed by atoms with E-state index in [2.05, 4.69) is 230 Å². The summed E-state index contributed by atoms with van der Waals surface area (Å²) in [5.41, 5.74) is 14.1. The van der Waals surface area contributed by atoms with Crippen LogP contribution in [0.5, 0.6) is 11.5 Å². The number of fused-ring (bicyclic) bond motifs is 6. The van der Waals surface area contributed by atoms with Gasteiger partial charge >= 0.3 is 21.1 Å². The Morgan fingerprint density at radius 1 is 0.582 bits per heavy atom. The summed E-state index contributed by atoms with van der Waals surface area (Å²) in [6.07, 6.45) is 1.95. The smallest absolute Gasteiger partial charge is 0.509 e. The topological polar surface area (TPSA) is 49.8 Å². The first-order valence-corrected chi connectivity index (χ1v) is 23.3. The molecule has 0 amide bonds. The third-order valence-electron chi connectivity index (χ3n) is 13.0. The molecule has 0 saturated heterocycles. The van der Waals surface area contributed by atoms with Gasteiger partial charge in [0.2, 0.25) is 0 Å². The number of rotatable bonds is 7. The molecule has 0 bridgehead atoms. The largest absolute Gasteiger partial charge is 2.00 e. The van der Waals surface area contributed by atoms with Crippen LogP contribution >= 0.6 is 0 Å². The maximum absolute atomic E-state index is 6.85. The summed E-state index contributed by atoms with van der Waals surface area (Å²) in [4.78, 5) is 5.12. The fraction of sp³-hybridized carbons (Fsp3) is 0.267. The van der Waals surface area contributed by atoms with Crippen LogP contribution in [0.2, 0.25) is 0 Å². The molecule has 4 aromatic heterocycles. The number of pyridine rings is 1. The van der Waals surface area contributed by atoms with E-state index < -0.39 is 0 Å². The minimum absolute atomic E-state index is 0. The van der Waals surface area contributed by atoms with Crippen molar-refractivity contribution < 1.29 is 25.8 Å². The summed E-state index contributed by atoms with van der Waals surface area (Å²) in [5.74, 6) is 2.25. The Morgan fingerprint density at radius 2 is 1.21 bits per heavy atom. The number of hydrogen-bond donors (Lipinski definition) is 0. The molecular formula is C60H59N5OPt. The minimum Gasteiger partial charge on any atom is -0.509 e. The Labute approximate surface area is 409 Å². The minimum atomic E-state index is -0.210. The Kier molecular flexibility index (Phi) is 11.5. The van der Waals surface area contributed by atoms with Crippen molar-refractivity contribution >= 4 is 43.6 Å². The van der Waals surface area contributed by atoms with Crippen molar-refractivity contribution in [2.45, 2.75) is 105 Å². The number of aryl methyl sites for hydroxylation is 1. The molecule has 0 N–H and O–H groups in total. The van der Waals surface area contributed by atoms with Crippen LogP contribution in [0.3, 0.4) is 0 Å². The standard InChI is InChI=1S/C60H59N5O.Pt/c1-37(2)40-32-42(65-57(60(10,11)12)54(38(3)62-65)39-20-14-13-15-21-39)34-44(33-40)66-43-28-29-46-45-22-16-17-27-51(45)64(52(46)36-43)53-35-41(30-31-61-53)63-55-47(23-18-25-49(55)58(4,5)6)48-24-19-26-50(56(48)63)59(7,8)9;/h13-33,35,37H,1-12H3;/q-2;+2. The number of hydrogen-bond acceptors (Lipinski definition) is 3. The van der Waals surface area contributed by atoms with Gasteiger partial charge < -0.3 is 13.9 Å². The van der Waals surface area contributed by atoms with Crippen molar-refractivity contribution in [3.63, 3.8) is 0 Å². The third kappa shape index (κ3) is 8.01. The molecule has 0 saturated carbocycles. The summed E-state index contributed by atoms with van der Waals surface area (Å²) >= 11 is 0. The summed E-state index contributed by atoms with van der Waals surface area (Å²) in [5, 5.41) is 9.89. The van der Waals surface area contributed by atoms with Crippen molar-refractivity contribution in [1.29, 1.82) is 0 Å². The molecule has 10 rings (SSSR count). The quantitative estimate of drug-likeness (QED) is 0.149. The second-order valence-electron chi connectivity index (χ2n) is 21.3. The Morgan fingerprint density at radius 3 is 1.84 bits per heavy atom. The average Bonchev–Trinajstić information content (AvgIpc) is 3.93. The van der Waals surface area contributed by atoms with E-state index in [0.29, 0.717) is 11.5 Å². The zero-order valence-corrected chi connectivity index (χ0v) is 43.0. The normalized spacial score (nSPS) is 12.5. The zero-order valence-electron chi connectivity index (χ0n) is 40.7. The van der Waals surface area contributed by atoms with Crippen LogP contribution in [0.4, 0.5) is 0 Å². The first-order valence-electron chi connectivity index (χ1n) is 23.3. The number of ether oxygens (including phenoxy) is 1. The van der Waals surface area contributed by atoms with Gasteiger partial charge in [-0.3, -0.25) is 4.68 Å². The van der Waals surface area contributed by atoms with Crippen LogP contribution in [0, 0.1) is 19.1 Å².